The topological polar surface area (TPSA) is 197 Å². The second-order valence-electron chi connectivity index (χ2n) is 12.7. The molecule has 13 heteroatoms. The third kappa shape index (κ3) is 6.35. The minimum atomic E-state index is -3.40. The van der Waals surface area contributed by atoms with Gasteiger partial charge in [0.05, 0.1) is 31.7 Å². The average Bonchev–Trinajstić information content (AvgIpc) is 3.31. The number of benzene rings is 2. The number of sulfonamides is 1. The minimum absolute atomic E-state index is 0.106. The monoisotopic (exact) mass is 669 g/mol. The molecule has 3 aliphatic heterocycles. The molecule has 0 radical (unpaired) electrons. The van der Waals surface area contributed by atoms with Crippen molar-refractivity contribution in [2.45, 2.75) is 79.6 Å². The molecule has 0 saturated carbocycles. The van der Waals surface area contributed by atoms with Gasteiger partial charge in [-0.2, -0.15) is 0 Å². The highest BCUT2D eigenvalue weighted by Gasteiger charge is 2.47. The molecule has 1 aliphatic carbocycles. The van der Waals surface area contributed by atoms with Crippen molar-refractivity contribution in [3.8, 4) is 34.8 Å². The second kappa shape index (κ2) is 13.2. The predicted molar refractivity (Wildman–Crippen MR) is 168 cm³/mol. The van der Waals surface area contributed by atoms with E-state index in [1.54, 1.807) is 0 Å². The lowest BCUT2D eigenvalue weighted by Crippen LogP contribution is -2.58. The number of ether oxygens (including phenoxy) is 2. The van der Waals surface area contributed by atoms with Gasteiger partial charge in [0.25, 0.3) is 0 Å². The molecule has 0 unspecified atom stereocenters. The van der Waals surface area contributed by atoms with Crippen molar-refractivity contribution in [1.29, 1.82) is 0 Å². The quantitative estimate of drug-likeness (QED) is 0.187. The van der Waals surface area contributed by atoms with E-state index in [0.717, 1.165) is 22.3 Å². The van der Waals surface area contributed by atoms with Gasteiger partial charge in [0.1, 0.15) is 42.7 Å². The van der Waals surface area contributed by atoms with Crippen LogP contribution in [0.3, 0.4) is 0 Å². The molecule has 12 nitrogen and oxygen atoms in total. The Bertz CT molecular complexity index is 1730. The average molecular weight is 670 g/mol. The number of hydrogen-bond acceptors (Lipinski definition) is 11. The predicted octanol–water partition coefficient (Wildman–Crippen LogP) is -1.57. The van der Waals surface area contributed by atoms with Gasteiger partial charge < -0.3 is 45.2 Å². The smallest absolute Gasteiger partial charge is 0.211 e. The van der Waals surface area contributed by atoms with Gasteiger partial charge in [0.15, 0.2) is 0 Å². The van der Waals surface area contributed by atoms with Crippen LogP contribution in [0.15, 0.2) is 36.4 Å². The van der Waals surface area contributed by atoms with Gasteiger partial charge in [-0.15, -0.1) is 0 Å². The number of aliphatic hydroxyl groups excluding tert-OH is 7. The maximum absolute atomic E-state index is 12.4. The molecular weight excluding hydrogens is 630 g/mol. The highest BCUT2D eigenvalue weighted by molar-refractivity contribution is 7.88. The van der Waals surface area contributed by atoms with E-state index in [9.17, 15) is 44.2 Å². The summed E-state index contributed by atoms with van der Waals surface area (Å²) >= 11 is 0. The van der Waals surface area contributed by atoms with Crippen molar-refractivity contribution in [2.24, 2.45) is 0 Å². The summed E-state index contributed by atoms with van der Waals surface area (Å²) in [6, 6.07) is 11.5. The van der Waals surface area contributed by atoms with Crippen molar-refractivity contribution >= 4 is 10.0 Å². The van der Waals surface area contributed by atoms with E-state index in [2.05, 4.69) is 23.7 Å². The van der Waals surface area contributed by atoms with E-state index in [1.165, 1.54) is 10.6 Å². The van der Waals surface area contributed by atoms with E-state index in [4.69, 9.17) is 9.47 Å². The van der Waals surface area contributed by atoms with Crippen molar-refractivity contribution < 1.29 is 53.6 Å². The maximum Gasteiger partial charge on any atom is 0.211 e. The molecule has 2 aromatic rings. The highest BCUT2D eigenvalue weighted by Crippen LogP contribution is 2.54. The fourth-order valence-electron chi connectivity index (χ4n) is 7.11. The SMILES string of the molecule is CS(=O)(=O)N1CCC2(CC1)c1cc(C#C[C@H]3O[C@H](CO)[C@@H](O)[C@H](O)[C@@H]3O)ccc1-c1ccc(C#C[C@H]3O[C@H](CO)C[C@H](O)[C@@H]3O)cc12. The van der Waals surface area contributed by atoms with Crippen molar-refractivity contribution in [3.63, 3.8) is 0 Å². The van der Waals surface area contributed by atoms with Crippen LogP contribution in [0, 0.1) is 23.7 Å². The van der Waals surface area contributed by atoms with E-state index in [-0.39, 0.29) is 13.0 Å². The second-order valence-corrected chi connectivity index (χ2v) is 14.7. The summed E-state index contributed by atoms with van der Waals surface area (Å²) in [6.45, 7) is -0.256. The first-order chi connectivity index (χ1) is 22.4. The molecule has 7 N–H and O–H groups in total. The van der Waals surface area contributed by atoms with Crippen LogP contribution in [-0.4, -0.2) is 136 Å². The summed E-state index contributed by atoms with van der Waals surface area (Å²) in [5.74, 6) is 11.8. The summed E-state index contributed by atoms with van der Waals surface area (Å²) in [7, 11) is -3.40. The first kappa shape index (κ1) is 34.0. The van der Waals surface area contributed by atoms with E-state index in [1.807, 2.05) is 36.4 Å². The molecule has 1 spiro atoms. The van der Waals surface area contributed by atoms with Crippen LogP contribution in [0.25, 0.3) is 11.1 Å². The Hall–Kier alpha value is -2.89. The summed E-state index contributed by atoms with van der Waals surface area (Å²) in [5.41, 5.74) is 4.54. The van der Waals surface area contributed by atoms with Gasteiger partial charge in [-0.05, 0) is 59.4 Å². The molecule has 0 aromatic heterocycles. The van der Waals surface area contributed by atoms with Crippen LogP contribution >= 0.6 is 0 Å². The number of aliphatic hydroxyl groups is 7. The van der Waals surface area contributed by atoms with Gasteiger partial charge in [-0.3, -0.25) is 0 Å². The lowest BCUT2D eigenvalue weighted by Gasteiger charge is -2.40. The van der Waals surface area contributed by atoms with Crippen LogP contribution < -0.4 is 0 Å². The van der Waals surface area contributed by atoms with Gasteiger partial charge in [-0.1, -0.05) is 35.8 Å². The normalized spacial score (nSPS) is 33.2. The van der Waals surface area contributed by atoms with Crippen molar-refractivity contribution in [2.75, 3.05) is 32.6 Å². The van der Waals surface area contributed by atoms with Gasteiger partial charge >= 0.3 is 0 Å². The Morgan fingerprint density at radius 2 is 1.34 bits per heavy atom. The van der Waals surface area contributed by atoms with Crippen LogP contribution in [0.5, 0.6) is 0 Å². The molecule has 47 heavy (non-hydrogen) atoms. The standard InChI is InChI=1S/C34H39NO11S/c1-47(43,44)35-12-10-34(11-13-35)24-14-19(4-8-27-30(39)26(38)16-21(17-36)45-27)2-6-22(24)23-7-3-20(15-25(23)34)5-9-28-31(40)33(42)32(41)29(18-37)46-28/h2-3,6-7,14-15,21,26-33,36-42H,10-13,16-18H2,1H3/t21-,26-,27+,28+,29+,30-,31+,32+,33+/m0/s1. The van der Waals surface area contributed by atoms with Crippen LogP contribution in [0.2, 0.25) is 0 Å². The largest absolute Gasteiger partial charge is 0.394 e. The van der Waals surface area contributed by atoms with Crippen LogP contribution in [0.1, 0.15) is 41.5 Å². The van der Waals surface area contributed by atoms with Crippen LogP contribution in [0.4, 0.5) is 0 Å². The molecule has 3 fully saturated rings. The molecule has 9 atom stereocenters. The molecule has 6 rings (SSSR count). The summed E-state index contributed by atoms with van der Waals surface area (Å²) < 4.78 is 37.5. The molecular formula is C34H39NO11S. The first-order valence-electron chi connectivity index (χ1n) is 15.6. The Morgan fingerprint density at radius 1 is 0.787 bits per heavy atom. The maximum atomic E-state index is 12.4. The lowest BCUT2D eigenvalue weighted by molar-refractivity contribution is -0.214. The zero-order valence-electron chi connectivity index (χ0n) is 25.7. The highest BCUT2D eigenvalue weighted by atomic mass is 32.2. The zero-order chi connectivity index (χ0) is 33.7. The Kier molecular flexibility index (Phi) is 9.54. The van der Waals surface area contributed by atoms with Crippen molar-refractivity contribution in [1.82, 2.24) is 4.31 Å². The fourth-order valence-corrected chi connectivity index (χ4v) is 7.96. The Morgan fingerprint density at radius 3 is 1.85 bits per heavy atom. The van der Waals surface area contributed by atoms with Crippen LogP contribution in [-0.2, 0) is 24.9 Å². The zero-order valence-corrected chi connectivity index (χ0v) is 26.5. The van der Waals surface area contributed by atoms with E-state index < -0.39 is 77.0 Å². The third-order valence-electron chi connectivity index (χ3n) is 9.77. The van der Waals surface area contributed by atoms with Gasteiger partial charge in [0, 0.05) is 36.1 Å². The molecule has 0 amide bonds. The number of hydrogen-bond donors (Lipinski definition) is 7. The molecule has 0 bridgehead atoms. The summed E-state index contributed by atoms with van der Waals surface area (Å²) in [4.78, 5) is 0. The van der Waals surface area contributed by atoms with Crippen molar-refractivity contribution in [3.05, 3.63) is 58.7 Å². The van der Waals surface area contributed by atoms with Gasteiger partial charge in [-0.25, -0.2) is 12.7 Å². The summed E-state index contributed by atoms with van der Waals surface area (Å²) in [5, 5.41) is 70.4. The molecule has 4 aliphatic rings. The first-order valence-corrected chi connectivity index (χ1v) is 17.4. The Balaban J connectivity index is 1.35. The Labute approximate surface area is 273 Å². The van der Waals surface area contributed by atoms with Gasteiger partial charge in [0.2, 0.25) is 10.0 Å². The lowest BCUT2D eigenvalue weighted by atomic mass is 9.71. The minimum Gasteiger partial charge on any atom is -0.394 e. The third-order valence-corrected chi connectivity index (χ3v) is 11.1. The molecule has 2 aromatic carbocycles. The number of piperidine rings is 1. The van der Waals surface area contributed by atoms with E-state index >= 15 is 0 Å². The molecule has 3 heterocycles. The van der Waals surface area contributed by atoms with E-state index in [0.29, 0.717) is 37.1 Å². The molecule has 3 saturated heterocycles. The number of rotatable bonds is 3. The molecule has 252 valence electrons. The number of fused-ring (bicyclic) bond motifs is 5. The fraction of sp³-hybridized carbons (Fsp3) is 0.529. The number of nitrogens with zero attached hydrogens (tertiary/aromatic N) is 1. The summed E-state index contributed by atoms with van der Waals surface area (Å²) in [6.07, 6.45) is -8.35.